The Morgan fingerprint density at radius 2 is 1.53 bits per heavy atom. The van der Waals surface area contributed by atoms with E-state index >= 15 is 0 Å². The monoisotopic (exact) mass is 245 g/mol. The van der Waals surface area contributed by atoms with Gasteiger partial charge in [-0.3, -0.25) is 0 Å². The number of ether oxygens (including phenoxy) is 2. The molecule has 0 bridgehead atoms. The number of methoxy groups -OCH3 is 2. The Morgan fingerprint density at radius 3 is 2.00 bits per heavy atom. The van der Waals surface area contributed by atoms with E-state index in [4.69, 9.17) is 15.2 Å². The van der Waals surface area contributed by atoms with Crippen LogP contribution in [0.25, 0.3) is 0 Å². The summed E-state index contributed by atoms with van der Waals surface area (Å²) in [6, 6.07) is 0. The summed E-state index contributed by atoms with van der Waals surface area (Å²) < 4.78 is 10.9. The van der Waals surface area contributed by atoms with Gasteiger partial charge in [-0.25, -0.2) is 0 Å². The van der Waals surface area contributed by atoms with Gasteiger partial charge in [0.2, 0.25) is 0 Å². The summed E-state index contributed by atoms with van der Waals surface area (Å²) in [7, 11) is 3.38. The van der Waals surface area contributed by atoms with Gasteiger partial charge in [-0.05, 0) is 13.3 Å². The fraction of sp³-hybridized carbons (Fsp3) is 1.00. The maximum atomic E-state index is 5.81. The first kappa shape index (κ1) is 16.9. The molecule has 17 heavy (non-hydrogen) atoms. The van der Waals surface area contributed by atoms with Crippen LogP contribution in [0.4, 0.5) is 0 Å². The molecule has 0 aliphatic carbocycles. The van der Waals surface area contributed by atoms with Crippen LogP contribution in [-0.4, -0.2) is 26.6 Å². The average molecular weight is 245 g/mol. The third-order valence-electron chi connectivity index (χ3n) is 3.74. The minimum absolute atomic E-state index is 0.281. The molecule has 0 amide bonds. The van der Waals surface area contributed by atoms with Gasteiger partial charge in [0.05, 0.1) is 0 Å². The zero-order valence-corrected chi connectivity index (χ0v) is 12.1. The van der Waals surface area contributed by atoms with Gasteiger partial charge >= 0.3 is 0 Å². The quantitative estimate of drug-likeness (QED) is 0.448. The highest BCUT2D eigenvalue weighted by Crippen LogP contribution is 2.26. The summed E-state index contributed by atoms with van der Waals surface area (Å²) >= 11 is 0. The first-order valence-electron chi connectivity index (χ1n) is 6.95. The van der Waals surface area contributed by atoms with Gasteiger partial charge < -0.3 is 15.2 Å². The molecule has 0 aromatic heterocycles. The van der Waals surface area contributed by atoms with Crippen LogP contribution in [0.5, 0.6) is 0 Å². The van der Waals surface area contributed by atoms with Crippen LogP contribution in [0.3, 0.4) is 0 Å². The van der Waals surface area contributed by atoms with Gasteiger partial charge in [0.25, 0.3) is 0 Å². The average Bonchev–Trinajstić information content (AvgIpc) is 2.37. The highest BCUT2D eigenvalue weighted by atomic mass is 16.7. The van der Waals surface area contributed by atoms with E-state index in [-0.39, 0.29) is 5.92 Å². The molecule has 0 aliphatic heterocycles. The van der Waals surface area contributed by atoms with Crippen LogP contribution in [-0.2, 0) is 9.47 Å². The maximum absolute atomic E-state index is 5.81. The van der Waals surface area contributed by atoms with Crippen molar-refractivity contribution in [2.24, 2.45) is 11.7 Å². The van der Waals surface area contributed by atoms with Crippen molar-refractivity contribution < 1.29 is 9.47 Å². The van der Waals surface area contributed by atoms with Crippen molar-refractivity contribution in [2.45, 2.75) is 64.6 Å². The molecule has 0 radical (unpaired) electrons. The van der Waals surface area contributed by atoms with Crippen molar-refractivity contribution in [3.05, 3.63) is 0 Å². The Labute approximate surface area is 107 Å². The van der Waals surface area contributed by atoms with Gasteiger partial charge in [-0.15, -0.1) is 0 Å². The topological polar surface area (TPSA) is 44.5 Å². The molecule has 0 heterocycles. The molecule has 104 valence electrons. The lowest BCUT2D eigenvalue weighted by atomic mass is 9.93. The molecule has 0 aliphatic rings. The lowest BCUT2D eigenvalue weighted by Gasteiger charge is -2.34. The molecule has 1 unspecified atom stereocenters. The number of hydrogen-bond donors (Lipinski definition) is 1. The Balaban J connectivity index is 3.82. The van der Waals surface area contributed by atoms with E-state index in [1.165, 1.54) is 38.5 Å². The Hall–Kier alpha value is -0.120. The standard InChI is InChI=1S/C14H31NO2/c1-5-6-7-8-9-10-11-13(12-15)14(2,16-3)17-4/h13H,5-12,15H2,1-4H3. The number of rotatable bonds is 11. The first-order chi connectivity index (χ1) is 8.14. The van der Waals surface area contributed by atoms with Crippen molar-refractivity contribution in [1.29, 1.82) is 0 Å². The molecule has 1 atom stereocenters. The minimum Gasteiger partial charge on any atom is -0.353 e. The highest BCUT2D eigenvalue weighted by molar-refractivity contribution is 4.75. The van der Waals surface area contributed by atoms with E-state index in [0.29, 0.717) is 6.54 Å². The molecule has 0 aromatic rings. The van der Waals surface area contributed by atoms with E-state index in [9.17, 15) is 0 Å². The second-order valence-electron chi connectivity index (χ2n) is 4.91. The Bertz CT molecular complexity index is 170. The van der Waals surface area contributed by atoms with Crippen LogP contribution in [0.2, 0.25) is 0 Å². The lowest BCUT2D eigenvalue weighted by molar-refractivity contribution is -0.226. The smallest absolute Gasteiger partial charge is 0.168 e. The van der Waals surface area contributed by atoms with Crippen LogP contribution in [0.15, 0.2) is 0 Å². The predicted octanol–water partition coefficient (Wildman–Crippen LogP) is 3.32. The molecule has 0 spiro atoms. The van der Waals surface area contributed by atoms with E-state index < -0.39 is 5.79 Å². The maximum Gasteiger partial charge on any atom is 0.168 e. The predicted molar refractivity (Wildman–Crippen MR) is 73.0 cm³/mol. The Kier molecular flexibility index (Phi) is 9.79. The van der Waals surface area contributed by atoms with Crippen LogP contribution >= 0.6 is 0 Å². The highest BCUT2D eigenvalue weighted by Gasteiger charge is 2.32. The molecule has 0 aromatic carbocycles. The van der Waals surface area contributed by atoms with E-state index in [1.807, 2.05) is 6.92 Å². The van der Waals surface area contributed by atoms with Crippen molar-refractivity contribution in [3.63, 3.8) is 0 Å². The van der Waals surface area contributed by atoms with Gasteiger partial charge in [-0.1, -0.05) is 45.4 Å². The zero-order chi connectivity index (χ0) is 13.1. The summed E-state index contributed by atoms with van der Waals surface area (Å²) in [6.07, 6.45) is 8.94. The largest absolute Gasteiger partial charge is 0.353 e. The van der Waals surface area contributed by atoms with Crippen molar-refractivity contribution >= 4 is 0 Å². The molecule has 0 fully saturated rings. The normalized spacial score (nSPS) is 13.9. The summed E-state index contributed by atoms with van der Waals surface area (Å²) in [4.78, 5) is 0. The van der Waals surface area contributed by atoms with Crippen LogP contribution in [0, 0.1) is 5.92 Å². The third-order valence-corrected chi connectivity index (χ3v) is 3.74. The van der Waals surface area contributed by atoms with Crippen molar-refractivity contribution in [2.75, 3.05) is 20.8 Å². The third kappa shape index (κ3) is 6.39. The SMILES string of the molecule is CCCCCCCCC(CN)C(C)(OC)OC. The zero-order valence-electron chi connectivity index (χ0n) is 12.1. The first-order valence-corrected chi connectivity index (χ1v) is 6.95. The van der Waals surface area contributed by atoms with Crippen LogP contribution < -0.4 is 5.73 Å². The second-order valence-corrected chi connectivity index (χ2v) is 4.91. The molecule has 0 rings (SSSR count). The minimum atomic E-state index is -0.530. The molecule has 3 heteroatoms. The molecule has 0 saturated heterocycles. The molecule has 2 N–H and O–H groups in total. The summed E-state index contributed by atoms with van der Waals surface area (Å²) in [5.74, 6) is -0.248. The van der Waals surface area contributed by atoms with Gasteiger partial charge in [0.15, 0.2) is 5.79 Å². The fourth-order valence-corrected chi connectivity index (χ4v) is 2.18. The van der Waals surface area contributed by atoms with Gasteiger partial charge in [0.1, 0.15) is 0 Å². The Morgan fingerprint density at radius 1 is 1.00 bits per heavy atom. The summed E-state index contributed by atoms with van der Waals surface area (Å²) in [5, 5.41) is 0. The molecular weight excluding hydrogens is 214 g/mol. The van der Waals surface area contributed by atoms with E-state index in [2.05, 4.69) is 6.92 Å². The van der Waals surface area contributed by atoms with Gasteiger partial charge in [0, 0.05) is 26.7 Å². The summed E-state index contributed by atoms with van der Waals surface area (Å²) in [6.45, 7) is 4.84. The molecule has 0 saturated carbocycles. The van der Waals surface area contributed by atoms with Crippen molar-refractivity contribution in [3.8, 4) is 0 Å². The number of unbranched alkanes of at least 4 members (excludes halogenated alkanes) is 5. The molecule has 3 nitrogen and oxygen atoms in total. The lowest BCUT2D eigenvalue weighted by Crippen LogP contribution is -2.42. The number of nitrogens with two attached hydrogens (primary N) is 1. The number of hydrogen-bond acceptors (Lipinski definition) is 3. The van der Waals surface area contributed by atoms with E-state index in [1.54, 1.807) is 14.2 Å². The molecular formula is C14H31NO2. The summed E-state index contributed by atoms with van der Waals surface area (Å²) in [5.41, 5.74) is 5.81. The van der Waals surface area contributed by atoms with Crippen molar-refractivity contribution in [1.82, 2.24) is 0 Å². The van der Waals surface area contributed by atoms with Gasteiger partial charge in [-0.2, -0.15) is 0 Å². The van der Waals surface area contributed by atoms with Crippen LogP contribution in [0.1, 0.15) is 58.8 Å². The second kappa shape index (κ2) is 9.86. The van der Waals surface area contributed by atoms with E-state index in [0.717, 1.165) is 6.42 Å². The fourth-order valence-electron chi connectivity index (χ4n) is 2.18.